The maximum absolute atomic E-state index is 12.9. The van der Waals surface area contributed by atoms with Gasteiger partial charge in [-0.3, -0.25) is 4.79 Å². The van der Waals surface area contributed by atoms with Crippen LogP contribution in [0.15, 0.2) is 58.8 Å². The molecule has 1 aromatic heterocycles. The summed E-state index contributed by atoms with van der Waals surface area (Å²) in [6.45, 7) is 0. The van der Waals surface area contributed by atoms with E-state index in [0.29, 0.717) is 5.56 Å². The molecule has 0 aliphatic rings. The second kappa shape index (κ2) is 10.00. The van der Waals surface area contributed by atoms with Gasteiger partial charge in [-0.15, -0.1) is 23.4 Å². The molecule has 1 heterocycles. The zero-order valence-corrected chi connectivity index (χ0v) is 16.8. The number of thioether (sulfide) groups is 1. The molecule has 2 aromatic carbocycles. The summed E-state index contributed by atoms with van der Waals surface area (Å²) >= 11 is 0.983. The SMILES string of the molecule is Nn1c(N/N=C/c2ccc(F)cc2)nnc1SCC(=O)Nc1ccc(OC(F)(F)F)cc1. The van der Waals surface area contributed by atoms with Gasteiger partial charge in [0.15, 0.2) is 0 Å². The van der Waals surface area contributed by atoms with E-state index >= 15 is 0 Å². The first-order chi connectivity index (χ1) is 15.2. The summed E-state index contributed by atoms with van der Waals surface area (Å²) in [5.74, 6) is 4.67. The first-order valence-corrected chi connectivity index (χ1v) is 9.72. The number of hydrazone groups is 1. The number of hydrogen-bond acceptors (Lipinski definition) is 8. The van der Waals surface area contributed by atoms with E-state index in [0.717, 1.165) is 28.6 Å². The van der Waals surface area contributed by atoms with Crippen molar-refractivity contribution >= 4 is 35.5 Å². The number of nitrogens with two attached hydrogens (primary N) is 1. The Labute approximate surface area is 182 Å². The fourth-order valence-corrected chi connectivity index (χ4v) is 2.89. The Bertz CT molecular complexity index is 1090. The monoisotopic (exact) mass is 469 g/mol. The minimum atomic E-state index is -4.79. The number of carbonyl (C=O) groups is 1. The number of benzene rings is 2. The maximum atomic E-state index is 12.9. The summed E-state index contributed by atoms with van der Waals surface area (Å²) in [4.78, 5) is 12.1. The van der Waals surface area contributed by atoms with Crippen molar-refractivity contribution in [1.82, 2.24) is 14.9 Å². The summed E-state index contributed by atoms with van der Waals surface area (Å²) in [6.07, 6.45) is -3.36. The number of rotatable bonds is 8. The summed E-state index contributed by atoms with van der Waals surface area (Å²) in [6, 6.07) is 10.4. The number of alkyl halides is 3. The predicted octanol–water partition coefficient (Wildman–Crippen LogP) is 3.21. The Morgan fingerprint density at radius 1 is 1.16 bits per heavy atom. The van der Waals surface area contributed by atoms with Gasteiger partial charge < -0.3 is 15.9 Å². The van der Waals surface area contributed by atoms with Crippen LogP contribution < -0.4 is 21.3 Å². The van der Waals surface area contributed by atoms with Crippen molar-refractivity contribution < 1.29 is 27.1 Å². The summed E-state index contributed by atoms with van der Waals surface area (Å²) in [7, 11) is 0. The Balaban J connectivity index is 1.48. The van der Waals surface area contributed by atoms with E-state index in [1.807, 2.05) is 0 Å². The van der Waals surface area contributed by atoms with E-state index in [-0.39, 0.29) is 28.4 Å². The van der Waals surface area contributed by atoms with Crippen LogP contribution in [0.1, 0.15) is 5.56 Å². The largest absolute Gasteiger partial charge is 0.573 e. The van der Waals surface area contributed by atoms with Crippen LogP contribution in [-0.2, 0) is 4.79 Å². The van der Waals surface area contributed by atoms with Gasteiger partial charge in [0.2, 0.25) is 11.1 Å². The molecule has 3 aromatic rings. The van der Waals surface area contributed by atoms with Crippen molar-refractivity contribution in [2.45, 2.75) is 11.5 Å². The summed E-state index contributed by atoms with van der Waals surface area (Å²) < 4.78 is 54.2. The topological polar surface area (TPSA) is 119 Å². The van der Waals surface area contributed by atoms with Crippen LogP contribution >= 0.6 is 11.8 Å². The number of nitrogens with one attached hydrogen (secondary N) is 2. The molecule has 14 heteroatoms. The van der Waals surface area contributed by atoms with Gasteiger partial charge in [0.1, 0.15) is 11.6 Å². The predicted molar refractivity (Wildman–Crippen MR) is 110 cm³/mol. The fraction of sp³-hybridized carbons (Fsp3) is 0.111. The van der Waals surface area contributed by atoms with Crippen molar-refractivity contribution in [2.75, 3.05) is 22.3 Å². The lowest BCUT2D eigenvalue weighted by Crippen LogP contribution is -2.18. The highest BCUT2D eigenvalue weighted by atomic mass is 32.2. The Morgan fingerprint density at radius 3 is 2.50 bits per heavy atom. The number of ether oxygens (including phenoxy) is 1. The molecule has 9 nitrogen and oxygen atoms in total. The lowest BCUT2D eigenvalue weighted by atomic mass is 10.2. The van der Waals surface area contributed by atoms with E-state index < -0.39 is 18.0 Å². The maximum Gasteiger partial charge on any atom is 0.573 e. The second-order valence-electron chi connectivity index (χ2n) is 6.01. The van der Waals surface area contributed by atoms with Crippen LogP contribution in [0.3, 0.4) is 0 Å². The van der Waals surface area contributed by atoms with Crippen LogP contribution in [0, 0.1) is 5.82 Å². The average molecular weight is 469 g/mol. The minimum absolute atomic E-state index is 0.0883. The molecule has 0 fully saturated rings. The Kier molecular flexibility index (Phi) is 7.14. The molecule has 0 saturated carbocycles. The third-order valence-corrected chi connectivity index (χ3v) is 4.56. The standard InChI is InChI=1S/C18H15F4N7O2S/c19-12-3-1-11(2-4-12)9-24-26-16-27-28-17(29(16)23)32-10-15(30)25-13-5-7-14(8-6-13)31-18(20,21)22/h1-9H,10,23H2,(H,25,30)(H,26,27)/b24-9+. The molecular weight excluding hydrogens is 454 g/mol. The number of nitrogen functional groups attached to an aromatic ring is 1. The van der Waals surface area contributed by atoms with Gasteiger partial charge in [-0.05, 0) is 42.0 Å². The quantitative estimate of drug-likeness (QED) is 0.152. The molecule has 0 radical (unpaired) electrons. The first kappa shape index (κ1) is 22.9. The first-order valence-electron chi connectivity index (χ1n) is 8.73. The van der Waals surface area contributed by atoms with Gasteiger partial charge in [-0.25, -0.2) is 14.5 Å². The van der Waals surface area contributed by atoms with Gasteiger partial charge >= 0.3 is 6.36 Å². The van der Waals surface area contributed by atoms with Crippen molar-refractivity contribution in [3.05, 3.63) is 59.9 Å². The molecule has 0 saturated heterocycles. The van der Waals surface area contributed by atoms with E-state index in [1.165, 1.54) is 42.6 Å². The average Bonchev–Trinajstić information content (AvgIpc) is 3.08. The highest BCUT2D eigenvalue weighted by molar-refractivity contribution is 7.99. The van der Waals surface area contributed by atoms with Crippen LogP contribution in [-0.4, -0.2) is 39.1 Å². The lowest BCUT2D eigenvalue weighted by molar-refractivity contribution is -0.274. The van der Waals surface area contributed by atoms with Crippen molar-refractivity contribution in [3.8, 4) is 5.75 Å². The molecule has 32 heavy (non-hydrogen) atoms. The molecule has 0 aliphatic heterocycles. The molecule has 0 atom stereocenters. The molecule has 3 rings (SSSR count). The molecule has 0 bridgehead atoms. The number of nitrogens with zero attached hydrogens (tertiary/aromatic N) is 4. The van der Waals surface area contributed by atoms with Gasteiger partial charge in [-0.1, -0.05) is 23.9 Å². The minimum Gasteiger partial charge on any atom is -0.406 e. The number of carbonyl (C=O) groups excluding carboxylic acids is 1. The summed E-state index contributed by atoms with van der Waals surface area (Å²) in [5, 5.41) is 14.3. The molecule has 168 valence electrons. The van der Waals surface area contributed by atoms with E-state index in [1.54, 1.807) is 0 Å². The molecule has 1 amide bonds. The normalized spacial score (nSPS) is 11.5. The molecule has 4 N–H and O–H groups in total. The zero-order chi connectivity index (χ0) is 23.1. The Morgan fingerprint density at radius 2 is 1.84 bits per heavy atom. The molecule has 0 unspecified atom stereocenters. The third-order valence-electron chi connectivity index (χ3n) is 3.62. The van der Waals surface area contributed by atoms with Gasteiger partial charge in [0.05, 0.1) is 12.0 Å². The van der Waals surface area contributed by atoms with Crippen LogP contribution in [0.5, 0.6) is 5.75 Å². The highest BCUT2D eigenvalue weighted by Gasteiger charge is 2.30. The highest BCUT2D eigenvalue weighted by Crippen LogP contribution is 2.24. The Hall–Kier alpha value is -3.81. The van der Waals surface area contributed by atoms with Crippen LogP contribution in [0.25, 0.3) is 0 Å². The molecule has 0 spiro atoms. The smallest absolute Gasteiger partial charge is 0.406 e. The van der Waals surface area contributed by atoms with Crippen molar-refractivity contribution in [1.29, 1.82) is 0 Å². The number of hydrogen-bond donors (Lipinski definition) is 3. The van der Waals surface area contributed by atoms with Gasteiger partial charge in [-0.2, -0.15) is 5.10 Å². The third kappa shape index (κ3) is 6.87. The van der Waals surface area contributed by atoms with Crippen LogP contribution in [0.2, 0.25) is 0 Å². The fourth-order valence-electron chi connectivity index (χ4n) is 2.23. The van der Waals surface area contributed by atoms with E-state index in [2.05, 4.69) is 30.8 Å². The van der Waals surface area contributed by atoms with Crippen molar-refractivity contribution in [2.24, 2.45) is 5.10 Å². The number of halogens is 4. The molecule has 0 aliphatic carbocycles. The van der Waals surface area contributed by atoms with E-state index in [9.17, 15) is 22.4 Å². The van der Waals surface area contributed by atoms with Crippen molar-refractivity contribution in [3.63, 3.8) is 0 Å². The van der Waals surface area contributed by atoms with Gasteiger partial charge in [0, 0.05) is 5.69 Å². The van der Waals surface area contributed by atoms with Crippen LogP contribution in [0.4, 0.5) is 29.2 Å². The van der Waals surface area contributed by atoms with Gasteiger partial charge in [0.25, 0.3) is 5.95 Å². The summed E-state index contributed by atoms with van der Waals surface area (Å²) in [5.41, 5.74) is 3.51. The second-order valence-corrected chi connectivity index (χ2v) is 6.95. The molecular formula is C18H15F4N7O2S. The number of anilines is 2. The number of aromatic nitrogens is 3. The lowest BCUT2D eigenvalue weighted by Gasteiger charge is -2.09. The number of amides is 1. The van der Waals surface area contributed by atoms with E-state index in [4.69, 9.17) is 5.84 Å². The zero-order valence-electron chi connectivity index (χ0n) is 16.0.